The Labute approximate surface area is 144 Å². The van der Waals surface area contributed by atoms with Gasteiger partial charge in [-0.15, -0.1) is 0 Å². The fourth-order valence-corrected chi connectivity index (χ4v) is 2.50. The number of aromatic nitrogens is 1. The molecule has 1 heterocycles. The van der Waals surface area contributed by atoms with Crippen molar-refractivity contribution in [2.24, 2.45) is 0 Å². The Balaban J connectivity index is 1.60. The van der Waals surface area contributed by atoms with Crippen molar-refractivity contribution >= 4 is 0 Å². The molecule has 2 nitrogen and oxygen atoms in total. The molecule has 0 unspecified atom stereocenters. The molecule has 0 saturated heterocycles. The molecule has 1 N–H and O–H groups in total. The van der Waals surface area contributed by atoms with Crippen LogP contribution in [0.15, 0.2) is 72.9 Å². The van der Waals surface area contributed by atoms with E-state index in [2.05, 4.69) is 10.3 Å². The Kier molecular flexibility index (Phi) is 5.14. The summed E-state index contributed by atoms with van der Waals surface area (Å²) in [5.74, 6) is 0. The second kappa shape index (κ2) is 7.49. The van der Waals surface area contributed by atoms with Gasteiger partial charge >= 0.3 is 6.18 Å². The summed E-state index contributed by atoms with van der Waals surface area (Å²) in [5.41, 5.74) is 3.10. The second-order valence-electron chi connectivity index (χ2n) is 5.70. The quantitative estimate of drug-likeness (QED) is 0.701. The van der Waals surface area contributed by atoms with E-state index >= 15 is 0 Å². The molecule has 0 amide bonds. The topological polar surface area (TPSA) is 24.9 Å². The summed E-state index contributed by atoms with van der Waals surface area (Å²) in [6.45, 7) is 1.38. The van der Waals surface area contributed by atoms with E-state index in [0.29, 0.717) is 13.1 Å². The van der Waals surface area contributed by atoms with Crippen LogP contribution in [0.4, 0.5) is 13.2 Å². The van der Waals surface area contributed by atoms with Crippen LogP contribution in [-0.4, -0.2) is 4.98 Å². The standard InChI is InChI=1S/C20H17F3N2/c21-20(22,23)18-10-8-17(9-11-18)16-6-4-15(5-7-16)13-24-14-19-3-1-2-12-25-19/h1-12,24H,13-14H2. The summed E-state index contributed by atoms with van der Waals surface area (Å²) in [7, 11) is 0. The Hall–Kier alpha value is -2.66. The van der Waals surface area contributed by atoms with Gasteiger partial charge in [-0.3, -0.25) is 4.98 Å². The highest BCUT2D eigenvalue weighted by molar-refractivity contribution is 5.64. The third kappa shape index (κ3) is 4.67. The van der Waals surface area contributed by atoms with E-state index in [1.54, 1.807) is 6.20 Å². The van der Waals surface area contributed by atoms with Crippen molar-refractivity contribution in [2.75, 3.05) is 0 Å². The molecule has 0 fully saturated rings. The summed E-state index contributed by atoms with van der Waals surface area (Å²) in [6.07, 6.45) is -2.54. The van der Waals surface area contributed by atoms with Gasteiger partial charge in [-0.1, -0.05) is 42.5 Å². The normalized spacial score (nSPS) is 11.5. The van der Waals surface area contributed by atoms with Gasteiger partial charge in [0.2, 0.25) is 0 Å². The van der Waals surface area contributed by atoms with Crippen LogP contribution in [0.3, 0.4) is 0 Å². The fourth-order valence-electron chi connectivity index (χ4n) is 2.50. The lowest BCUT2D eigenvalue weighted by atomic mass is 10.0. The first-order valence-electron chi connectivity index (χ1n) is 7.89. The molecule has 0 radical (unpaired) electrons. The maximum absolute atomic E-state index is 12.6. The molecule has 0 atom stereocenters. The summed E-state index contributed by atoms with van der Waals surface area (Å²) in [6, 6.07) is 18.8. The molecule has 0 saturated carbocycles. The van der Waals surface area contributed by atoms with Gasteiger partial charge in [-0.05, 0) is 41.0 Å². The van der Waals surface area contributed by atoms with Gasteiger partial charge in [0, 0.05) is 19.3 Å². The third-order valence-corrected chi connectivity index (χ3v) is 3.86. The summed E-state index contributed by atoms with van der Waals surface area (Å²) >= 11 is 0. The number of hydrogen-bond acceptors (Lipinski definition) is 2. The van der Waals surface area contributed by atoms with Crippen molar-refractivity contribution in [1.29, 1.82) is 0 Å². The molecule has 1 aromatic heterocycles. The highest BCUT2D eigenvalue weighted by Crippen LogP contribution is 2.31. The zero-order chi connectivity index (χ0) is 17.7. The number of alkyl halides is 3. The van der Waals surface area contributed by atoms with E-state index < -0.39 is 11.7 Å². The van der Waals surface area contributed by atoms with E-state index in [1.165, 1.54) is 12.1 Å². The Morgan fingerprint density at radius 1 is 0.760 bits per heavy atom. The number of pyridine rings is 1. The lowest BCUT2D eigenvalue weighted by Gasteiger charge is -2.09. The van der Waals surface area contributed by atoms with Crippen molar-refractivity contribution in [3.05, 3.63) is 89.7 Å². The molecule has 25 heavy (non-hydrogen) atoms. The lowest BCUT2D eigenvalue weighted by Crippen LogP contribution is -2.13. The number of halogens is 3. The highest BCUT2D eigenvalue weighted by Gasteiger charge is 2.29. The number of nitrogens with one attached hydrogen (secondary N) is 1. The molecule has 128 valence electrons. The van der Waals surface area contributed by atoms with Gasteiger partial charge < -0.3 is 5.32 Å². The van der Waals surface area contributed by atoms with Crippen LogP contribution in [0, 0.1) is 0 Å². The molecule has 0 aliphatic rings. The van der Waals surface area contributed by atoms with Gasteiger partial charge in [-0.25, -0.2) is 0 Å². The maximum atomic E-state index is 12.6. The van der Waals surface area contributed by atoms with E-state index in [1.807, 2.05) is 42.5 Å². The van der Waals surface area contributed by atoms with Crippen LogP contribution in [0.5, 0.6) is 0 Å². The van der Waals surface area contributed by atoms with Crippen LogP contribution in [0.25, 0.3) is 11.1 Å². The number of hydrogen-bond donors (Lipinski definition) is 1. The van der Waals surface area contributed by atoms with Gasteiger partial charge in [0.1, 0.15) is 0 Å². The van der Waals surface area contributed by atoms with Crippen LogP contribution < -0.4 is 5.32 Å². The minimum atomic E-state index is -4.30. The number of benzene rings is 2. The monoisotopic (exact) mass is 342 g/mol. The van der Waals surface area contributed by atoms with E-state index in [0.717, 1.165) is 34.5 Å². The van der Waals surface area contributed by atoms with Crippen molar-refractivity contribution < 1.29 is 13.2 Å². The predicted molar refractivity (Wildman–Crippen MR) is 91.7 cm³/mol. The van der Waals surface area contributed by atoms with Crippen molar-refractivity contribution in [1.82, 2.24) is 10.3 Å². The van der Waals surface area contributed by atoms with Crippen molar-refractivity contribution in [3.8, 4) is 11.1 Å². The van der Waals surface area contributed by atoms with E-state index in [4.69, 9.17) is 0 Å². The molecule has 0 bridgehead atoms. The highest BCUT2D eigenvalue weighted by atomic mass is 19.4. The van der Waals surface area contributed by atoms with Crippen LogP contribution in [0.2, 0.25) is 0 Å². The summed E-state index contributed by atoms with van der Waals surface area (Å²) in [4.78, 5) is 4.25. The Morgan fingerprint density at radius 3 is 1.96 bits per heavy atom. The minimum absolute atomic E-state index is 0.633. The molecular weight excluding hydrogens is 325 g/mol. The smallest absolute Gasteiger partial charge is 0.307 e. The van der Waals surface area contributed by atoms with Gasteiger partial charge in [0.15, 0.2) is 0 Å². The van der Waals surface area contributed by atoms with Crippen molar-refractivity contribution in [2.45, 2.75) is 19.3 Å². The molecule has 0 aliphatic carbocycles. The number of rotatable bonds is 5. The maximum Gasteiger partial charge on any atom is 0.416 e. The van der Waals surface area contributed by atoms with Gasteiger partial charge in [0.25, 0.3) is 0 Å². The molecule has 3 aromatic rings. The van der Waals surface area contributed by atoms with E-state index in [-0.39, 0.29) is 0 Å². The largest absolute Gasteiger partial charge is 0.416 e. The Morgan fingerprint density at radius 2 is 1.40 bits per heavy atom. The van der Waals surface area contributed by atoms with Crippen LogP contribution in [0.1, 0.15) is 16.8 Å². The summed E-state index contributed by atoms with van der Waals surface area (Å²) in [5, 5.41) is 3.31. The zero-order valence-electron chi connectivity index (χ0n) is 13.4. The first kappa shape index (κ1) is 17.2. The second-order valence-corrected chi connectivity index (χ2v) is 5.70. The first-order valence-corrected chi connectivity index (χ1v) is 7.89. The fraction of sp³-hybridized carbons (Fsp3) is 0.150. The Bertz CT molecular complexity index is 795. The molecule has 3 rings (SSSR count). The van der Waals surface area contributed by atoms with Gasteiger partial charge in [0.05, 0.1) is 11.3 Å². The van der Waals surface area contributed by atoms with Crippen LogP contribution >= 0.6 is 0 Å². The minimum Gasteiger partial charge on any atom is -0.307 e. The average molecular weight is 342 g/mol. The van der Waals surface area contributed by atoms with Gasteiger partial charge in [-0.2, -0.15) is 13.2 Å². The van der Waals surface area contributed by atoms with Crippen molar-refractivity contribution in [3.63, 3.8) is 0 Å². The molecule has 2 aromatic carbocycles. The lowest BCUT2D eigenvalue weighted by molar-refractivity contribution is -0.137. The first-order chi connectivity index (χ1) is 12.0. The number of nitrogens with zero attached hydrogens (tertiary/aromatic N) is 1. The zero-order valence-corrected chi connectivity index (χ0v) is 13.4. The molecule has 0 aliphatic heterocycles. The molecule has 0 spiro atoms. The van der Waals surface area contributed by atoms with Crippen LogP contribution in [-0.2, 0) is 19.3 Å². The molecule has 5 heteroatoms. The SMILES string of the molecule is FC(F)(F)c1ccc(-c2ccc(CNCc3ccccn3)cc2)cc1. The predicted octanol–water partition coefficient (Wildman–Crippen LogP) is 5.06. The molecular formula is C20H17F3N2. The average Bonchev–Trinajstić information content (AvgIpc) is 2.63. The van der Waals surface area contributed by atoms with E-state index in [9.17, 15) is 13.2 Å². The summed E-state index contributed by atoms with van der Waals surface area (Å²) < 4.78 is 37.8. The third-order valence-electron chi connectivity index (χ3n) is 3.86.